The van der Waals surface area contributed by atoms with Gasteiger partial charge in [-0.1, -0.05) is 171 Å². The van der Waals surface area contributed by atoms with Crippen LogP contribution in [0.25, 0.3) is 5.57 Å². The smallest absolute Gasteiger partial charge is 0.194 e. The molecule has 0 atom stereocenters. The summed E-state index contributed by atoms with van der Waals surface area (Å²) in [5, 5.41) is 0. The lowest BCUT2D eigenvalue weighted by Gasteiger charge is -2.23. The van der Waals surface area contributed by atoms with Gasteiger partial charge in [-0.2, -0.15) is 0 Å². The SMILES string of the molecule is CCCCCCSC1=C(SCCCCCC)SC(=C2SC3=C(S2)SC(=C2c4ccccc4C(=O)c4ccccc42)S3)S1. The fraction of sp³-hybridized carbons (Fsp3) is 0.364. The molecule has 3 aliphatic heterocycles. The average molecular weight is 703 g/mol. The van der Waals surface area contributed by atoms with E-state index < -0.39 is 0 Å². The van der Waals surface area contributed by atoms with Crippen molar-refractivity contribution >= 4 is 105 Å². The topological polar surface area (TPSA) is 17.1 Å². The second-order valence-electron chi connectivity index (χ2n) is 10.2. The van der Waals surface area contributed by atoms with Gasteiger partial charge in [0.25, 0.3) is 0 Å². The molecule has 0 saturated heterocycles. The first-order valence-corrected chi connectivity index (χ1v) is 21.6. The van der Waals surface area contributed by atoms with E-state index in [0.717, 1.165) is 22.3 Å². The van der Waals surface area contributed by atoms with E-state index in [1.54, 1.807) is 0 Å². The van der Waals surface area contributed by atoms with Gasteiger partial charge < -0.3 is 0 Å². The number of carbonyl (C=O) groups excluding carboxylic acids is 1. The van der Waals surface area contributed by atoms with Gasteiger partial charge in [0.15, 0.2) is 5.78 Å². The van der Waals surface area contributed by atoms with Crippen LogP contribution < -0.4 is 0 Å². The highest BCUT2D eigenvalue weighted by molar-refractivity contribution is 8.49. The van der Waals surface area contributed by atoms with Gasteiger partial charge in [0.1, 0.15) is 0 Å². The number of hydrogen-bond acceptors (Lipinski definition) is 9. The van der Waals surface area contributed by atoms with Crippen molar-refractivity contribution in [1.82, 2.24) is 0 Å². The van der Waals surface area contributed by atoms with Crippen LogP contribution in [0.1, 0.15) is 92.3 Å². The first kappa shape index (κ1) is 31.8. The Kier molecular flexibility index (Phi) is 11.7. The van der Waals surface area contributed by atoms with E-state index in [1.165, 1.54) is 98.1 Å². The van der Waals surface area contributed by atoms with Crippen molar-refractivity contribution in [3.8, 4) is 0 Å². The molecule has 2 aromatic rings. The fourth-order valence-corrected chi connectivity index (χ4v) is 17.8. The molecule has 0 spiro atoms. The Morgan fingerprint density at radius 3 is 1.36 bits per heavy atom. The summed E-state index contributed by atoms with van der Waals surface area (Å²) >= 11 is 15.9. The second kappa shape index (κ2) is 15.4. The van der Waals surface area contributed by atoms with Crippen molar-refractivity contribution in [3.63, 3.8) is 0 Å². The van der Waals surface area contributed by atoms with Crippen LogP contribution in [0.3, 0.4) is 0 Å². The Morgan fingerprint density at radius 2 is 0.905 bits per heavy atom. The molecule has 3 heterocycles. The highest BCUT2D eigenvalue weighted by Crippen LogP contribution is 2.71. The van der Waals surface area contributed by atoms with Crippen molar-refractivity contribution in [2.75, 3.05) is 11.5 Å². The summed E-state index contributed by atoms with van der Waals surface area (Å²) < 4.78 is 10.1. The number of hydrogen-bond donors (Lipinski definition) is 0. The predicted octanol–water partition coefficient (Wildman–Crippen LogP) is 13.4. The summed E-state index contributed by atoms with van der Waals surface area (Å²) in [6.07, 6.45) is 10.6. The lowest BCUT2D eigenvalue weighted by molar-refractivity contribution is 0.103. The highest BCUT2D eigenvalue weighted by atomic mass is 32.3. The summed E-state index contributed by atoms with van der Waals surface area (Å²) in [5.41, 5.74) is 4.99. The van der Waals surface area contributed by atoms with Crippen LogP contribution in [0.5, 0.6) is 0 Å². The standard InChI is InChI=1S/C33H34OS8/c1-3-5-7-13-19-35-28-29(36-20-14-8-6-4-2)40-32(39-28)33-41-30-31(42-33)38-27(37-30)25-21-15-9-11-17-23(21)26(34)24-18-12-10-16-22(24)25/h9-12,15-18H,3-8,13-14,19-20H2,1-2H3. The molecule has 0 radical (unpaired) electrons. The second-order valence-corrected chi connectivity index (χ2v) is 20.4. The van der Waals surface area contributed by atoms with Crippen molar-refractivity contribution < 1.29 is 4.79 Å². The zero-order valence-electron chi connectivity index (χ0n) is 23.9. The van der Waals surface area contributed by atoms with Gasteiger partial charge in [-0.25, -0.2) is 0 Å². The van der Waals surface area contributed by atoms with Gasteiger partial charge >= 0.3 is 0 Å². The molecule has 0 fully saturated rings. The van der Waals surface area contributed by atoms with E-state index in [1.807, 2.05) is 94.8 Å². The Labute approximate surface area is 285 Å². The molecule has 0 amide bonds. The molecule has 4 aliphatic rings. The van der Waals surface area contributed by atoms with Gasteiger partial charge in [-0.15, -0.1) is 23.5 Å². The van der Waals surface area contributed by atoms with Crippen molar-refractivity contribution in [2.24, 2.45) is 0 Å². The lowest BCUT2D eigenvalue weighted by Crippen LogP contribution is -2.14. The number of unbranched alkanes of at least 4 members (excludes halogenated alkanes) is 6. The number of fused-ring (bicyclic) bond motifs is 2. The summed E-state index contributed by atoms with van der Waals surface area (Å²) in [4.78, 5) is 13.3. The minimum Gasteiger partial charge on any atom is -0.289 e. The fourth-order valence-electron chi connectivity index (χ4n) is 5.00. The van der Waals surface area contributed by atoms with Crippen LogP contribution in [-0.2, 0) is 0 Å². The average Bonchev–Trinajstić information content (AvgIpc) is 3.71. The molecule has 0 aromatic heterocycles. The molecule has 0 bridgehead atoms. The molecular weight excluding hydrogens is 669 g/mol. The summed E-state index contributed by atoms with van der Waals surface area (Å²) in [6.45, 7) is 4.58. The van der Waals surface area contributed by atoms with Crippen molar-refractivity contribution in [3.05, 3.63) is 100 Å². The number of carbonyl (C=O) groups is 1. The van der Waals surface area contributed by atoms with Crippen LogP contribution >= 0.6 is 94.1 Å². The summed E-state index contributed by atoms with van der Waals surface area (Å²) in [5.74, 6) is 2.60. The van der Waals surface area contributed by atoms with Gasteiger partial charge in [0.05, 0.1) is 29.7 Å². The minimum atomic E-state index is 0.135. The molecule has 1 nitrogen and oxygen atoms in total. The summed E-state index contributed by atoms with van der Waals surface area (Å²) in [7, 11) is 0. The van der Waals surface area contributed by atoms with Gasteiger partial charge in [0.2, 0.25) is 0 Å². The molecule has 2 aromatic carbocycles. The molecule has 1 aliphatic carbocycles. The van der Waals surface area contributed by atoms with Gasteiger partial charge in [0, 0.05) is 16.7 Å². The molecule has 0 unspecified atom stereocenters. The Hall–Kier alpha value is -0.130. The normalized spacial score (nSPS) is 18.0. The number of thioether (sulfide) groups is 8. The molecule has 0 N–H and O–H groups in total. The van der Waals surface area contributed by atoms with Crippen molar-refractivity contribution in [1.29, 1.82) is 0 Å². The van der Waals surface area contributed by atoms with Gasteiger partial charge in [-0.05, 0) is 35.5 Å². The van der Waals surface area contributed by atoms with E-state index >= 15 is 0 Å². The Bertz CT molecular complexity index is 1380. The van der Waals surface area contributed by atoms with Gasteiger partial charge in [-0.3, -0.25) is 4.79 Å². The number of benzene rings is 2. The minimum absolute atomic E-state index is 0.135. The van der Waals surface area contributed by atoms with E-state index in [0.29, 0.717) is 0 Å². The molecule has 220 valence electrons. The van der Waals surface area contributed by atoms with E-state index in [4.69, 9.17) is 0 Å². The monoisotopic (exact) mass is 702 g/mol. The van der Waals surface area contributed by atoms with E-state index in [-0.39, 0.29) is 5.78 Å². The zero-order valence-corrected chi connectivity index (χ0v) is 30.4. The van der Waals surface area contributed by atoms with Crippen LogP contribution in [0.2, 0.25) is 0 Å². The molecule has 0 saturated carbocycles. The molecule has 9 heteroatoms. The first-order chi connectivity index (χ1) is 20.7. The largest absolute Gasteiger partial charge is 0.289 e. The van der Waals surface area contributed by atoms with Crippen LogP contribution in [0.15, 0.2) is 78.2 Å². The quantitative estimate of drug-likeness (QED) is 0.170. The maximum atomic E-state index is 13.3. The lowest BCUT2D eigenvalue weighted by atomic mass is 9.82. The van der Waals surface area contributed by atoms with E-state index in [9.17, 15) is 4.79 Å². The maximum Gasteiger partial charge on any atom is 0.194 e. The predicted molar refractivity (Wildman–Crippen MR) is 202 cm³/mol. The zero-order chi connectivity index (χ0) is 28.9. The van der Waals surface area contributed by atoms with Crippen molar-refractivity contribution in [2.45, 2.75) is 65.2 Å². The maximum absolute atomic E-state index is 13.3. The third kappa shape index (κ3) is 7.14. The molecule has 42 heavy (non-hydrogen) atoms. The molecule has 6 rings (SSSR count). The number of rotatable bonds is 12. The third-order valence-corrected chi connectivity index (χ3v) is 19.0. The van der Waals surface area contributed by atoms with E-state index in [2.05, 4.69) is 61.6 Å². The summed E-state index contributed by atoms with van der Waals surface area (Å²) in [6, 6.07) is 16.2. The van der Waals surface area contributed by atoms with Crippen LogP contribution in [0.4, 0.5) is 0 Å². The Balaban J connectivity index is 1.17. The Morgan fingerprint density at radius 1 is 0.500 bits per heavy atom. The first-order valence-electron chi connectivity index (χ1n) is 14.7. The third-order valence-electron chi connectivity index (χ3n) is 7.16. The van der Waals surface area contributed by atoms with Crippen LogP contribution in [0, 0.1) is 0 Å². The van der Waals surface area contributed by atoms with Crippen LogP contribution in [-0.4, -0.2) is 17.3 Å². The molecular formula is C33H34OS8. The number of ketones is 1. The highest BCUT2D eigenvalue weighted by Gasteiger charge is 2.38.